The van der Waals surface area contributed by atoms with Gasteiger partial charge in [0.2, 0.25) is 0 Å². The number of rotatable bonds is 9. The lowest BCUT2D eigenvalue weighted by Crippen LogP contribution is -2.46. The van der Waals surface area contributed by atoms with Crippen LogP contribution in [0.3, 0.4) is 0 Å². The van der Waals surface area contributed by atoms with Gasteiger partial charge in [-0.3, -0.25) is 0 Å². The number of ether oxygens (including phenoxy) is 3. The monoisotopic (exact) mass is 485 g/mol. The summed E-state index contributed by atoms with van der Waals surface area (Å²) in [5.41, 5.74) is 0.878. The lowest BCUT2D eigenvalue weighted by Gasteiger charge is -2.37. The third-order valence-electron chi connectivity index (χ3n) is 6.52. The molecule has 0 aliphatic carbocycles. The number of benzene rings is 1. The Hall–Kier alpha value is -2.46. The molecular weight excluding hydrogens is 446 g/mol. The molecule has 0 saturated carbocycles. The van der Waals surface area contributed by atoms with Gasteiger partial charge in [0.1, 0.15) is 30.1 Å². The molecule has 3 atom stereocenters. The molecule has 9 nitrogen and oxygen atoms in total. The molecule has 2 aliphatic heterocycles. The number of aliphatic hydroxyl groups is 1. The van der Waals surface area contributed by atoms with Crippen molar-refractivity contribution < 1.29 is 19.3 Å². The van der Waals surface area contributed by atoms with Gasteiger partial charge in [-0.1, -0.05) is 12.1 Å². The normalized spacial score (nSPS) is 22.1. The summed E-state index contributed by atoms with van der Waals surface area (Å²) in [5.74, 6) is 3.14. The predicted molar refractivity (Wildman–Crippen MR) is 137 cm³/mol. The summed E-state index contributed by atoms with van der Waals surface area (Å²) in [6.45, 7) is 8.01. The highest BCUT2D eigenvalue weighted by molar-refractivity contribution is 5.64. The smallest absolute Gasteiger partial charge is 0.163 e. The molecule has 2 N–H and O–H groups in total. The number of nitrogens with zero attached hydrogens (tertiary/aromatic N) is 4. The van der Waals surface area contributed by atoms with Crippen molar-refractivity contribution in [3.63, 3.8) is 0 Å². The molecule has 2 fully saturated rings. The molecule has 0 amide bonds. The molecule has 2 aliphatic rings. The van der Waals surface area contributed by atoms with E-state index >= 15 is 0 Å². The molecule has 2 saturated heterocycles. The molecule has 9 heteroatoms. The third-order valence-corrected chi connectivity index (χ3v) is 6.52. The van der Waals surface area contributed by atoms with Crippen molar-refractivity contribution in [2.75, 3.05) is 63.4 Å². The number of morpholine rings is 1. The molecule has 3 heterocycles. The van der Waals surface area contributed by atoms with Gasteiger partial charge in [0.15, 0.2) is 5.82 Å². The van der Waals surface area contributed by atoms with E-state index in [1.54, 1.807) is 7.05 Å². The molecule has 1 aromatic carbocycles. The second-order valence-electron chi connectivity index (χ2n) is 9.58. The highest BCUT2D eigenvalue weighted by Gasteiger charge is 2.26. The highest BCUT2D eigenvalue weighted by Crippen LogP contribution is 2.30. The maximum Gasteiger partial charge on any atom is 0.163 e. The first-order chi connectivity index (χ1) is 16.9. The fourth-order valence-corrected chi connectivity index (χ4v) is 4.73. The quantitative estimate of drug-likeness (QED) is 0.555. The maximum atomic E-state index is 10.00. The Labute approximate surface area is 208 Å². The van der Waals surface area contributed by atoms with Crippen molar-refractivity contribution in [2.24, 2.45) is 0 Å². The fourth-order valence-electron chi connectivity index (χ4n) is 4.73. The van der Waals surface area contributed by atoms with Crippen molar-refractivity contribution >= 4 is 11.6 Å². The first-order valence-electron chi connectivity index (χ1n) is 12.6. The highest BCUT2D eigenvalue weighted by atomic mass is 16.5. The number of aliphatic hydroxyl groups excluding tert-OH is 1. The summed E-state index contributed by atoms with van der Waals surface area (Å²) in [6, 6.07) is 10.2. The molecule has 1 aromatic heterocycles. The molecule has 2 aromatic rings. The van der Waals surface area contributed by atoms with E-state index in [4.69, 9.17) is 24.2 Å². The summed E-state index contributed by atoms with van der Waals surface area (Å²) >= 11 is 0. The molecule has 3 unspecified atom stereocenters. The second kappa shape index (κ2) is 12.0. The van der Waals surface area contributed by atoms with E-state index in [0.717, 1.165) is 56.3 Å². The number of hydrogen-bond donors (Lipinski definition) is 2. The Morgan fingerprint density at radius 3 is 2.63 bits per heavy atom. The van der Waals surface area contributed by atoms with Crippen LogP contribution in [0, 0.1) is 0 Å². The average molecular weight is 486 g/mol. The maximum absolute atomic E-state index is 10.00. The summed E-state index contributed by atoms with van der Waals surface area (Å²) in [4.78, 5) is 14.5. The van der Waals surface area contributed by atoms with Crippen molar-refractivity contribution in [1.82, 2.24) is 15.3 Å². The van der Waals surface area contributed by atoms with Crippen LogP contribution in [0.1, 0.15) is 26.7 Å². The summed E-state index contributed by atoms with van der Waals surface area (Å²) in [6.07, 6.45) is 1.65. The van der Waals surface area contributed by atoms with Gasteiger partial charge in [0.25, 0.3) is 0 Å². The Bertz CT molecular complexity index is 945. The minimum atomic E-state index is -0.576. The minimum Gasteiger partial charge on any atom is -0.491 e. The van der Waals surface area contributed by atoms with E-state index in [9.17, 15) is 5.11 Å². The molecule has 192 valence electrons. The summed E-state index contributed by atoms with van der Waals surface area (Å²) in [7, 11) is 3.91. The van der Waals surface area contributed by atoms with Gasteiger partial charge in [-0.15, -0.1) is 0 Å². The van der Waals surface area contributed by atoms with Crippen LogP contribution in [0.2, 0.25) is 0 Å². The van der Waals surface area contributed by atoms with E-state index in [2.05, 4.69) is 42.1 Å². The van der Waals surface area contributed by atoms with Gasteiger partial charge < -0.3 is 34.4 Å². The molecular formula is C26H39N5O4. The Morgan fingerprint density at radius 1 is 1.17 bits per heavy atom. The lowest BCUT2D eigenvalue weighted by molar-refractivity contribution is -0.00546. The van der Waals surface area contributed by atoms with Crippen molar-refractivity contribution in [2.45, 2.75) is 51.0 Å². The summed E-state index contributed by atoms with van der Waals surface area (Å²) in [5, 5.41) is 13.0. The van der Waals surface area contributed by atoms with Gasteiger partial charge in [-0.05, 0) is 45.9 Å². The lowest BCUT2D eigenvalue weighted by atomic mass is 10.1. The zero-order chi connectivity index (χ0) is 24.8. The third kappa shape index (κ3) is 6.82. The predicted octanol–water partition coefficient (Wildman–Crippen LogP) is 2.33. The molecule has 0 spiro atoms. The van der Waals surface area contributed by atoms with Crippen LogP contribution in [-0.4, -0.2) is 93.0 Å². The zero-order valence-corrected chi connectivity index (χ0v) is 21.3. The van der Waals surface area contributed by atoms with E-state index < -0.39 is 6.10 Å². The Kier molecular flexibility index (Phi) is 8.78. The topological polar surface area (TPSA) is 92.2 Å². The number of likely N-dealkylation sites (N-methyl/N-ethyl adjacent to an activating group) is 1. The van der Waals surface area contributed by atoms with Crippen molar-refractivity contribution in [1.29, 1.82) is 0 Å². The standard InChI is InChI=1S/C26H39N5O4/c1-18-15-31(16-19(2)35-18)25-13-24(30(4)21-8-10-33-11-9-21)28-26(29-25)20-6-5-7-23(12-20)34-17-22(32)14-27-3/h5-7,12-13,18-19,21-22,27,32H,8-11,14-17H2,1-4H3. The first-order valence-corrected chi connectivity index (χ1v) is 12.6. The minimum absolute atomic E-state index is 0.134. The van der Waals surface area contributed by atoms with E-state index in [-0.39, 0.29) is 18.8 Å². The van der Waals surface area contributed by atoms with Crippen LogP contribution in [-0.2, 0) is 9.47 Å². The number of nitrogens with one attached hydrogen (secondary N) is 1. The Morgan fingerprint density at radius 2 is 1.91 bits per heavy atom. The van der Waals surface area contributed by atoms with Gasteiger partial charge in [-0.2, -0.15) is 0 Å². The van der Waals surface area contributed by atoms with E-state index in [1.807, 2.05) is 24.3 Å². The Balaban J connectivity index is 1.64. The van der Waals surface area contributed by atoms with Gasteiger partial charge in [0, 0.05) is 57.6 Å². The number of hydrogen-bond acceptors (Lipinski definition) is 9. The number of aromatic nitrogens is 2. The summed E-state index contributed by atoms with van der Waals surface area (Å²) < 4.78 is 17.4. The van der Waals surface area contributed by atoms with Gasteiger partial charge in [0.05, 0.1) is 12.2 Å². The second-order valence-corrected chi connectivity index (χ2v) is 9.58. The van der Waals surface area contributed by atoms with Crippen LogP contribution in [0.25, 0.3) is 11.4 Å². The zero-order valence-electron chi connectivity index (χ0n) is 21.3. The fraction of sp³-hybridized carbons (Fsp3) is 0.615. The largest absolute Gasteiger partial charge is 0.491 e. The van der Waals surface area contributed by atoms with Crippen LogP contribution in [0.15, 0.2) is 30.3 Å². The van der Waals surface area contributed by atoms with Crippen LogP contribution in [0.4, 0.5) is 11.6 Å². The van der Waals surface area contributed by atoms with Crippen LogP contribution in [0.5, 0.6) is 5.75 Å². The molecule has 0 bridgehead atoms. The van der Waals surface area contributed by atoms with Gasteiger partial charge in [-0.25, -0.2) is 9.97 Å². The average Bonchev–Trinajstić information content (AvgIpc) is 2.87. The first kappa shape index (κ1) is 25.6. The van der Waals surface area contributed by atoms with E-state index in [0.29, 0.717) is 24.2 Å². The molecule has 35 heavy (non-hydrogen) atoms. The number of anilines is 2. The van der Waals surface area contributed by atoms with Gasteiger partial charge >= 0.3 is 0 Å². The van der Waals surface area contributed by atoms with Crippen molar-refractivity contribution in [3.05, 3.63) is 30.3 Å². The molecule has 0 radical (unpaired) electrons. The van der Waals surface area contributed by atoms with Crippen molar-refractivity contribution in [3.8, 4) is 17.1 Å². The SMILES string of the molecule is CNCC(O)COc1cccc(-c2nc(N3CC(C)OC(C)C3)cc(N(C)C3CCOCC3)n2)c1. The molecule has 4 rings (SSSR count). The van der Waals surface area contributed by atoms with Crippen LogP contribution >= 0.6 is 0 Å². The van der Waals surface area contributed by atoms with E-state index in [1.165, 1.54) is 0 Å². The van der Waals surface area contributed by atoms with Crippen LogP contribution < -0.4 is 19.9 Å².